The molecule has 0 saturated carbocycles. The number of rotatable bonds is 1. The third-order valence-electron chi connectivity index (χ3n) is 1.86. The third-order valence-corrected chi connectivity index (χ3v) is 5.18. The highest BCUT2D eigenvalue weighted by Crippen LogP contribution is 2.35. The van der Waals surface area contributed by atoms with Crippen molar-refractivity contribution in [1.82, 2.24) is 0 Å². The molecule has 0 N–H and O–H groups in total. The molecule has 0 aliphatic carbocycles. The van der Waals surface area contributed by atoms with Crippen LogP contribution in [0.3, 0.4) is 0 Å². The van der Waals surface area contributed by atoms with Crippen LogP contribution in [0.15, 0.2) is 22.0 Å². The second-order valence-corrected chi connectivity index (χ2v) is 5.76. The maximum absolute atomic E-state index is 5.87. The van der Waals surface area contributed by atoms with Crippen LogP contribution in [-0.4, -0.2) is 0 Å². The molecule has 0 aliphatic rings. The molecule has 0 radical (unpaired) electrons. The van der Waals surface area contributed by atoms with Crippen molar-refractivity contribution in [2.75, 3.05) is 0 Å². The normalized spacial score (nSPS) is 11.0. The van der Waals surface area contributed by atoms with E-state index < -0.39 is 0 Å². The van der Waals surface area contributed by atoms with Crippen LogP contribution in [0.5, 0.6) is 0 Å². The van der Waals surface area contributed by atoms with E-state index in [0.717, 1.165) is 4.47 Å². The number of halogens is 3. The second-order valence-electron chi connectivity index (χ2n) is 2.62. The Hall–Kier alpha value is 0.680. The van der Waals surface area contributed by atoms with Gasteiger partial charge in [-0.3, -0.25) is 0 Å². The molecule has 0 bridgehead atoms. The SMILES string of the molecule is ClCc1c(I)cc2ccsc2c1Br. The standard InChI is InChI=1S/C9H5BrClIS/c10-8-6(4-11)7(12)3-5-1-2-13-9(5)8/h1-3H,4H2. The average Bonchev–Trinajstić information content (AvgIpc) is 2.53. The van der Waals surface area contributed by atoms with E-state index in [9.17, 15) is 0 Å². The molecule has 1 aromatic heterocycles. The van der Waals surface area contributed by atoms with Crippen molar-refractivity contribution in [3.63, 3.8) is 0 Å². The van der Waals surface area contributed by atoms with Gasteiger partial charge < -0.3 is 0 Å². The summed E-state index contributed by atoms with van der Waals surface area (Å²) in [4.78, 5) is 0. The van der Waals surface area contributed by atoms with Crippen LogP contribution in [0, 0.1) is 3.57 Å². The highest BCUT2D eigenvalue weighted by molar-refractivity contribution is 14.1. The Balaban J connectivity index is 2.85. The predicted octanol–water partition coefficient (Wildman–Crippen LogP) is 5.01. The minimum atomic E-state index is 0.562. The maximum Gasteiger partial charge on any atom is 0.0496 e. The molecule has 0 unspecified atom stereocenters. The third kappa shape index (κ3) is 1.76. The van der Waals surface area contributed by atoms with E-state index in [2.05, 4.69) is 56.0 Å². The summed E-state index contributed by atoms with van der Waals surface area (Å²) < 4.78 is 3.67. The van der Waals surface area contributed by atoms with Gasteiger partial charge in [-0.15, -0.1) is 22.9 Å². The van der Waals surface area contributed by atoms with Gasteiger partial charge in [0, 0.05) is 18.6 Å². The Morgan fingerprint density at radius 1 is 1.54 bits per heavy atom. The molecular formula is C9H5BrClIS. The number of thiophene rings is 1. The molecule has 0 atom stereocenters. The van der Waals surface area contributed by atoms with Gasteiger partial charge in [0.2, 0.25) is 0 Å². The fourth-order valence-corrected chi connectivity index (χ4v) is 4.73. The van der Waals surface area contributed by atoms with E-state index in [0.29, 0.717) is 5.88 Å². The van der Waals surface area contributed by atoms with Crippen LogP contribution in [0.4, 0.5) is 0 Å². The van der Waals surface area contributed by atoms with Gasteiger partial charge >= 0.3 is 0 Å². The van der Waals surface area contributed by atoms with Crippen molar-refractivity contribution in [3.8, 4) is 0 Å². The van der Waals surface area contributed by atoms with E-state index in [-0.39, 0.29) is 0 Å². The molecule has 0 nitrogen and oxygen atoms in total. The zero-order valence-electron chi connectivity index (χ0n) is 6.48. The Morgan fingerprint density at radius 3 is 3.00 bits per heavy atom. The second kappa shape index (κ2) is 4.04. The maximum atomic E-state index is 5.87. The molecule has 2 rings (SSSR count). The summed E-state index contributed by atoms with van der Waals surface area (Å²) in [6.45, 7) is 0. The van der Waals surface area contributed by atoms with Crippen molar-refractivity contribution in [2.45, 2.75) is 5.88 Å². The lowest BCUT2D eigenvalue weighted by Gasteiger charge is -2.04. The van der Waals surface area contributed by atoms with Crippen molar-refractivity contribution >= 4 is 71.5 Å². The average molecular weight is 387 g/mol. The first kappa shape index (κ1) is 10.2. The predicted molar refractivity (Wildman–Crippen MR) is 71.8 cm³/mol. The van der Waals surface area contributed by atoms with E-state index in [1.54, 1.807) is 11.3 Å². The Morgan fingerprint density at radius 2 is 2.31 bits per heavy atom. The molecule has 2 aromatic rings. The van der Waals surface area contributed by atoms with E-state index >= 15 is 0 Å². The Labute approximate surface area is 108 Å². The monoisotopic (exact) mass is 386 g/mol. The molecule has 1 heterocycles. The zero-order valence-corrected chi connectivity index (χ0v) is 11.8. The Bertz CT molecular complexity index is 452. The van der Waals surface area contributed by atoms with Gasteiger partial charge in [0.05, 0.1) is 0 Å². The van der Waals surface area contributed by atoms with Crippen LogP contribution >= 0.6 is 61.5 Å². The topological polar surface area (TPSA) is 0 Å². The van der Waals surface area contributed by atoms with Crippen LogP contribution in [-0.2, 0) is 5.88 Å². The summed E-state index contributed by atoms with van der Waals surface area (Å²) in [5.41, 5.74) is 1.19. The number of fused-ring (bicyclic) bond motifs is 1. The summed E-state index contributed by atoms with van der Waals surface area (Å²) in [6, 6.07) is 4.31. The van der Waals surface area contributed by atoms with Gasteiger partial charge in [-0.2, -0.15) is 0 Å². The molecule has 0 aliphatic heterocycles. The van der Waals surface area contributed by atoms with Gasteiger partial charge in [0.1, 0.15) is 0 Å². The lowest BCUT2D eigenvalue weighted by atomic mass is 10.2. The highest BCUT2D eigenvalue weighted by atomic mass is 127. The van der Waals surface area contributed by atoms with Crippen molar-refractivity contribution in [1.29, 1.82) is 0 Å². The summed E-state index contributed by atoms with van der Waals surface area (Å²) in [5, 5.41) is 3.39. The van der Waals surface area contributed by atoms with Crippen LogP contribution < -0.4 is 0 Å². The summed E-state index contributed by atoms with van der Waals surface area (Å²) in [5.74, 6) is 0.562. The number of hydrogen-bond acceptors (Lipinski definition) is 1. The summed E-state index contributed by atoms with van der Waals surface area (Å²) in [7, 11) is 0. The van der Waals surface area contributed by atoms with E-state index in [4.69, 9.17) is 11.6 Å². The van der Waals surface area contributed by atoms with Crippen LogP contribution in [0.2, 0.25) is 0 Å². The largest absolute Gasteiger partial charge is 0.143 e. The Kier molecular flexibility index (Phi) is 3.18. The van der Waals surface area contributed by atoms with E-state index in [1.807, 2.05) is 0 Å². The molecule has 68 valence electrons. The molecule has 0 spiro atoms. The lowest BCUT2D eigenvalue weighted by Crippen LogP contribution is -1.86. The van der Waals surface area contributed by atoms with Gasteiger partial charge in [-0.1, -0.05) is 0 Å². The smallest absolute Gasteiger partial charge is 0.0496 e. The fourth-order valence-electron chi connectivity index (χ4n) is 1.20. The first-order chi connectivity index (χ1) is 6.24. The number of alkyl halides is 1. The van der Waals surface area contributed by atoms with Gasteiger partial charge in [0.15, 0.2) is 0 Å². The summed E-state index contributed by atoms with van der Waals surface area (Å²) in [6.07, 6.45) is 0. The highest BCUT2D eigenvalue weighted by Gasteiger charge is 2.09. The molecule has 13 heavy (non-hydrogen) atoms. The van der Waals surface area contributed by atoms with Gasteiger partial charge in [0.25, 0.3) is 0 Å². The zero-order chi connectivity index (χ0) is 9.42. The number of hydrogen-bond donors (Lipinski definition) is 0. The molecule has 0 saturated heterocycles. The van der Waals surface area contributed by atoms with Gasteiger partial charge in [-0.25, -0.2) is 0 Å². The van der Waals surface area contributed by atoms with E-state index in [1.165, 1.54) is 19.2 Å². The minimum Gasteiger partial charge on any atom is -0.143 e. The number of benzene rings is 1. The molecule has 1 aromatic carbocycles. The quantitative estimate of drug-likeness (QED) is 0.477. The molecule has 0 fully saturated rings. The molecular weight excluding hydrogens is 382 g/mol. The molecule has 4 heteroatoms. The van der Waals surface area contributed by atoms with Crippen molar-refractivity contribution in [2.24, 2.45) is 0 Å². The lowest BCUT2D eigenvalue weighted by molar-refractivity contribution is 1.37. The molecule has 0 amide bonds. The fraction of sp³-hybridized carbons (Fsp3) is 0.111. The first-order valence-electron chi connectivity index (χ1n) is 3.64. The van der Waals surface area contributed by atoms with Crippen molar-refractivity contribution < 1.29 is 0 Å². The summed E-state index contributed by atoms with van der Waals surface area (Å²) >= 11 is 13.5. The van der Waals surface area contributed by atoms with Gasteiger partial charge in [-0.05, 0) is 67.0 Å². The first-order valence-corrected chi connectivity index (χ1v) is 6.92. The minimum absolute atomic E-state index is 0.562. The van der Waals surface area contributed by atoms with Crippen LogP contribution in [0.25, 0.3) is 10.1 Å². The van der Waals surface area contributed by atoms with Crippen LogP contribution in [0.1, 0.15) is 5.56 Å². The van der Waals surface area contributed by atoms with Crippen molar-refractivity contribution in [3.05, 3.63) is 31.1 Å².